The van der Waals surface area contributed by atoms with E-state index in [1.54, 1.807) is 26.0 Å². The van der Waals surface area contributed by atoms with Gasteiger partial charge in [0.1, 0.15) is 13.5 Å². The maximum absolute atomic E-state index is 12.8. The summed E-state index contributed by atoms with van der Waals surface area (Å²) in [5.41, 5.74) is 4.53. The summed E-state index contributed by atoms with van der Waals surface area (Å²) in [6.45, 7) is 4.94. The molecular formula is C25H21BCl2N2O3. The average Bonchev–Trinajstić information content (AvgIpc) is 3.09. The van der Waals surface area contributed by atoms with Crippen LogP contribution in [0, 0.1) is 5.92 Å². The number of furan rings is 1. The van der Waals surface area contributed by atoms with Gasteiger partial charge in [-0.3, -0.25) is 9.59 Å². The molecule has 0 fully saturated rings. The minimum atomic E-state index is -0.320. The molecule has 2 aromatic carbocycles. The van der Waals surface area contributed by atoms with Gasteiger partial charge in [-0.15, -0.1) is 0 Å². The van der Waals surface area contributed by atoms with Crippen molar-refractivity contribution in [2.45, 2.75) is 20.8 Å². The fourth-order valence-electron chi connectivity index (χ4n) is 3.63. The van der Waals surface area contributed by atoms with Crippen LogP contribution in [0.25, 0.3) is 33.5 Å². The fraction of sp³-hybridized carbons (Fsp3) is 0.160. The van der Waals surface area contributed by atoms with Crippen molar-refractivity contribution in [3.63, 3.8) is 0 Å². The summed E-state index contributed by atoms with van der Waals surface area (Å²) in [6.07, 6.45) is 0. The molecule has 0 radical (unpaired) electrons. The molecule has 0 saturated heterocycles. The molecule has 0 bridgehead atoms. The van der Waals surface area contributed by atoms with Crippen LogP contribution < -0.4 is 10.8 Å². The first kappa shape index (κ1) is 23.1. The van der Waals surface area contributed by atoms with Gasteiger partial charge in [0.15, 0.2) is 5.76 Å². The number of nitrogens with one attached hydrogen (secondary N) is 1. The van der Waals surface area contributed by atoms with Crippen LogP contribution in [0.3, 0.4) is 0 Å². The zero-order chi connectivity index (χ0) is 23.9. The van der Waals surface area contributed by atoms with Crippen molar-refractivity contribution >= 4 is 65.0 Å². The van der Waals surface area contributed by atoms with Crippen LogP contribution in [0.4, 0.5) is 5.69 Å². The Labute approximate surface area is 202 Å². The maximum atomic E-state index is 12.8. The van der Waals surface area contributed by atoms with Crippen LogP contribution in [0.1, 0.15) is 31.3 Å². The standard InChI is InChI=1S/C25H21BCl2N2O3/c1-12(2)23(32)24-22(29-13(3)31)19-11-18(14-4-7-16(27)8-5-14)21(30-25(19)33-24)17-9-6-15(26)10-20(17)28/h4-12H,26H2,1-3H3,(H,29,31). The fourth-order valence-corrected chi connectivity index (χ4v) is 4.08. The van der Waals surface area contributed by atoms with E-state index in [9.17, 15) is 9.59 Å². The molecule has 5 nitrogen and oxygen atoms in total. The number of fused-ring (bicyclic) bond motifs is 1. The lowest BCUT2D eigenvalue weighted by molar-refractivity contribution is -0.114. The lowest BCUT2D eigenvalue weighted by Gasteiger charge is -2.12. The predicted molar refractivity (Wildman–Crippen MR) is 137 cm³/mol. The minimum Gasteiger partial charge on any atom is -0.432 e. The van der Waals surface area contributed by atoms with Crippen molar-refractivity contribution in [3.05, 3.63) is 64.3 Å². The lowest BCUT2D eigenvalue weighted by Crippen LogP contribution is -2.12. The number of hydrogen-bond donors (Lipinski definition) is 1. The maximum Gasteiger partial charge on any atom is 0.229 e. The van der Waals surface area contributed by atoms with E-state index >= 15 is 0 Å². The third kappa shape index (κ3) is 4.54. The van der Waals surface area contributed by atoms with Crippen molar-refractivity contribution in [1.29, 1.82) is 0 Å². The SMILES string of the molecule is Bc1ccc(-c2nc3oc(C(=O)C(C)C)c(NC(C)=O)c3cc2-c2ccc(Cl)cc2)c(Cl)c1. The van der Waals surface area contributed by atoms with Gasteiger partial charge in [-0.2, -0.15) is 0 Å². The largest absolute Gasteiger partial charge is 0.432 e. The molecule has 0 unspecified atom stereocenters. The Morgan fingerprint density at radius 1 is 1.03 bits per heavy atom. The number of anilines is 1. The van der Waals surface area contributed by atoms with Gasteiger partial charge in [0, 0.05) is 34.0 Å². The van der Waals surface area contributed by atoms with Gasteiger partial charge in [0.25, 0.3) is 0 Å². The van der Waals surface area contributed by atoms with Crippen molar-refractivity contribution in [3.8, 4) is 22.4 Å². The molecule has 0 saturated carbocycles. The quantitative estimate of drug-likeness (QED) is 0.302. The molecule has 0 aliphatic rings. The smallest absolute Gasteiger partial charge is 0.229 e. The van der Waals surface area contributed by atoms with Crippen LogP contribution in [-0.4, -0.2) is 24.5 Å². The Balaban J connectivity index is 2.07. The van der Waals surface area contributed by atoms with Gasteiger partial charge in [-0.05, 0) is 29.8 Å². The zero-order valence-electron chi connectivity index (χ0n) is 18.6. The Bertz CT molecular complexity index is 1400. The molecule has 0 spiro atoms. The number of rotatable bonds is 5. The number of pyridine rings is 1. The Hall–Kier alpha value is -3.09. The summed E-state index contributed by atoms with van der Waals surface area (Å²) < 4.78 is 5.92. The molecule has 1 N–H and O–H groups in total. The van der Waals surface area contributed by atoms with Crippen LogP contribution in [0.2, 0.25) is 10.0 Å². The minimum absolute atomic E-state index is 0.0805. The van der Waals surface area contributed by atoms with Crippen LogP contribution in [0.5, 0.6) is 0 Å². The highest BCUT2D eigenvalue weighted by Crippen LogP contribution is 2.40. The highest BCUT2D eigenvalue weighted by molar-refractivity contribution is 6.38. The summed E-state index contributed by atoms with van der Waals surface area (Å²) in [4.78, 5) is 29.6. The second kappa shape index (κ2) is 9.04. The summed E-state index contributed by atoms with van der Waals surface area (Å²) in [6, 6.07) is 14.9. The van der Waals surface area contributed by atoms with E-state index in [1.807, 2.05) is 44.2 Å². The first-order valence-electron chi connectivity index (χ1n) is 10.5. The second-order valence-electron chi connectivity index (χ2n) is 8.23. The van der Waals surface area contributed by atoms with Crippen LogP contribution in [-0.2, 0) is 4.79 Å². The number of hydrogen-bond acceptors (Lipinski definition) is 4. The first-order chi connectivity index (χ1) is 15.7. The monoisotopic (exact) mass is 478 g/mol. The zero-order valence-corrected chi connectivity index (χ0v) is 20.1. The van der Waals surface area contributed by atoms with E-state index in [1.165, 1.54) is 6.92 Å². The molecule has 0 atom stereocenters. The topological polar surface area (TPSA) is 72.2 Å². The Morgan fingerprint density at radius 3 is 2.33 bits per heavy atom. The summed E-state index contributed by atoms with van der Waals surface area (Å²) >= 11 is 12.7. The summed E-state index contributed by atoms with van der Waals surface area (Å²) in [7, 11) is 1.96. The Kier molecular flexibility index (Phi) is 6.33. The van der Waals surface area contributed by atoms with E-state index in [2.05, 4.69) is 5.32 Å². The third-order valence-electron chi connectivity index (χ3n) is 5.27. The predicted octanol–water partition coefficient (Wildman–Crippen LogP) is 5.52. The van der Waals surface area contributed by atoms with Gasteiger partial charge >= 0.3 is 0 Å². The molecule has 0 aliphatic heterocycles. The molecule has 4 aromatic rings. The third-order valence-corrected chi connectivity index (χ3v) is 5.83. The molecule has 2 heterocycles. The normalized spacial score (nSPS) is 11.2. The van der Waals surface area contributed by atoms with E-state index in [0.29, 0.717) is 26.8 Å². The number of aromatic nitrogens is 1. The number of carbonyl (C=O) groups is 2. The number of benzene rings is 2. The van der Waals surface area contributed by atoms with Crippen molar-refractivity contribution in [2.24, 2.45) is 5.92 Å². The molecule has 0 aliphatic carbocycles. The van der Waals surface area contributed by atoms with Crippen molar-refractivity contribution in [1.82, 2.24) is 4.98 Å². The molecule has 8 heteroatoms. The number of amides is 1. The molecule has 1 amide bonds. The highest BCUT2D eigenvalue weighted by Gasteiger charge is 2.26. The molecule has 4 rings (SSSR count). The summed E-state index contributed by atoms with van der Waals surface area (Å²) in [5, 5.41) is 4.44. The molecule has 33 heavy (non-hydrogen) atoms. The van der Waals surface area contributed by atoms with Gasteiger partial charge in [-0.1, -0.05) is 66.8 Å². The van der Waals surface area contributed by atoms with E-state index in [0.717, 1.165) is 22.2 Å². The van der Waals surface area contributed by atoms with Crippen LogP contribution in [0.15, 0.2) is 52.9 Å². The summed E-state index contributed by atoms with van der Waals surface area (Å²) in [5.74, 6) is -0.773. The van der Waals surface area contributed by atoms with Crippen molar-refractivity contribution in [2.75, 3.05) is 5.32 Å². The number of halogens is 2. The van der Waals surface area contributed by atoms with Crippen molar-refractivity contribution < 1.29 is 14.0 Å². The van der Waals surface area contributed by atoms with Gasteiger partial charge in [-0.25, -0.2) is 4.98 Å². The van der Waals surface area contributed by atoms with Crippen LogP contribution >= 0.6 is 23.2 Å². The number of nitrogens with zero attached hydrogens (tertiary/aromatic N) is 1. The molecular weight excluding hydrogens is 458 g/mol. The van der Waals surface area contributed by atoms with E-state index in [4.69, 9.17) is 32.6 Å². The second-order valence-corrected chi connectivity index (χ2v) is 9.08. The van der Waals surface area contributed by atoms with Gasteiger partial charge in [0.05, 0.1) is 11.1 Å². The van der Waals surface area contributed by atoms with E-state index in [-0.39, 0.29) is 29.1 Å². The highest BCUT2D eigenvalue weighted by atomic mass is 35.5. The first-order valence-corrected chi connectivity index (χ1v) is 11.2. The molecule has 2 aromatic heterocycles. The van der Waals surface area contributed by atoms with Gasteiger partial charge in [0.2, 0.25) is 17.4 Å². The number of ketones is 1. The number of Topliss-reactive ketones (excluding diaryl/α,β-unsaturated/α-hetero) is 1. The Morgan fingerprint density at radius 2 is 1.73 bits per heavy atom. The molecule has 166 valence electrons. The van der Waals surface area contributed by atoms with E-state index < -0.39 is 0 Å². The lowest BCUT2D eigenvalue weighted by atomic mass is 9.92. The average molecular weight is 479 g/mol. The van der Waals surface area contributed by atoms with Gasteiger partial charge < -0.3 is 9.73 Å². The number of carbonyl (C=O) groups excluding carboxylic acids is 2.